The maximum absolute atomic E-state index is 6.15. The van der Waals surface area contributed by atoms with Crippen LogP contribution in [0.4, 0.5) is 0 Å². The number of hydrogen-bond donors (Lipinski definition) is 1. The van der Waals surface area contributed by atoms with Crippen molar-refractivity contribution in [2.45, 2.75) is 51.0 Å². The van der Waals surface area contributed by atoms with E-state index in [1.54, 1.807) is 0 Å². The number of aliphatic imine (C=N–C) groups is 1. The van der Waals surface area contributed by atoms with E-state index in [1.165, 1.54) is 50.6 Å². The number of ether oxygens (including phenoxy) is 1. The van der Waals surface area contributed by atoms with Gasteiger partial charge in [0.05, 0.1) is 6.10 Å². The van der Waals surface area contributed by atoms with Crippen molar-refractivity contribution in [2.24, 2.45) is 16.3 Å². The Bertz CT molecular complexity index is 609. The number of guanidine groups is 1. The summed E-state index contributed by atoms with van der Waals surface area (Å²) in [6.07, 6.45) is 9.56. The summed E-state index contributed by atoms with van der Waals surface area (Å²) < 4.78 is 6.15. The molecule has 26 heavy (non-hydrogen) atoms. The molecule has 2 heterocycles. The molecule has 3 aliphatic rings. The molecule has 2 aliphatic heterocycles. The summed E-state index contributed by atoms with van der Waals surface area (Å²) in [5, 5.41) is 3.68. The summed E-state index contributed by atoms with van der Waals surface area (Å²) >= 11 is 0. The van der Waals surface area contributed by atoms with Crippen LogP contribution in [0.25, 0.3) is 0 Å². The van der Waals surface area contributed by atoms with Gasteiger partial charge in [-0.15, -0.1) is 0 Å². The van der Waals surface area contributed by atoms with Crippen molar-refractivity contribution in [3.8, 4) is 0 Å². The number of nitrogens with zero attached hydrogens (tertiary/aromatic N) is 2. The van der Waals surface area contributed by atoms with E-state index < -0.39 is 0 Å². The number of rotatable bonds is 3. The number of nitrogens with one attached hydrogen (secondary N) is 1. The summed E-state index contributed by atoms with van der Waals surface area (Å²) in [5.74, 6) is 1.59. The van der Waals surface area contributed by atoms with E-state index in [-0.39, 0.29) is 6.10 Å². The van der Waals surface area contributed by atoms with Crippen LogP contribution < -0.4 is 5.32 Å². The second-order valence-corrected chi connectivity index (χ2v) is 8.41. The SMILES string of the molecule is CN=C(NCC1CCCOC1c1ccccc1)N1CCC2(CCCC2)C1. The predicted molar refractivity (Wildman–Crippen MR) is 106 cm³/mol. The van der Waals surface area contributed by atoms with Crippen LogP contribution in [0.1, 0.15) is 56.6 Å². The average Bonchev–Trinajstić information content (AvgIpc) is 3.33. The van der Waals surface area contributed by atoms with Gasteiger partial charge >= 0.3 is 0 Å². The summed E-state index contributed by atoms with van der Waals surface area (Å²) in [6.45, 7) is 4.16. The van der Waals surface area contributed by atoms with Crippen molar-refractivity contribution in [2.75, 3.05) is 33.3 Å². The van der Waals surface area contributed by atoms with E-state index in [4.69, 9.17) is 4.74 Å². The molecule has 1 N–H and O–H groups in total. The highest BCUT2D eigenvalue weighted by Crippen LogP contribution is 2.45. The lowest BCUT2D eigenvalue weighted by molar-refractivity contribution is -0.0266. The minimum Gasteiger partial charge on any atom is -0.373 e. The van der Waals surface area contributed by atoms with Gasteiger partial charge in [-0.05, 0) is 43.1 Å². The van der Waals surface area contributed by atoms with Crippen LogP contribution in [0.15, 0.2) is 35.3 Å². The second-order valence-electron chi connectivity index (χ2n) is 8.41. The smallest absolute Gasteiger partial charge is 0.193 e. The largest absolute Gasteiger partial charge is 0.373 e. The lowest BCUT2D eigenvalue weighted by Crippen LogP contribution is -2.44. The second kappa shape index (κ2) is 7.99. The molecule has 2 atom stereocenters. The number of likely N-dealkylation sites (tertiary alicyclic amines) is 1. The monoisotopic (exact) mass is 355 g/mol. The Morgan fingerprint density at radius 3 is 2.77 bits per heavy atom. The number of benzene rings is 1. The molecule has 4 heteroatoms. The van der Waals surface area contributed by atoms with Gasteiger partial charge in [0, 0.05) is 39.2 Å². The highest BCUT2D eigenvalue weighted by atomic mass is 16.5. The van der Waals surface area contributed by atoms with E-state index in [0.717, 1.165) is 32.1 Å². The molecule has 0 bridgehead atoms. The highest BCUT2D eigenvalue weighted by Gasteiger charge is 2.41. The first kappa shape index (κ1) is 17.8. The molecule has 0 amide bonds. The lowest BCUT2D eigenvalue weighted by Gasteiger charge is -2.33. The van der Waals surface area contributed by atoms with Gasteiger partial charge < -0.3 is 15.0 Å². The van der Waals surface area contributed by atoms with Gasteiger partial charge in [-0.2, -0.15) is 0 Å². The molecule has 0 aromatic heterocycles. The molecule has 1 spiro atoms. The number of hydrogen-bond acceptors (Lipinski definition) is 2. The van der Waals surface area contributed by atoms with Gasteiger partial charge in [0.15, 0.2) is 5.96 Å². The molecule has 4 nitrogen and oxygen atoms in total. The Balaban J connectivity index is 1.37. The topological polar surface area (TPSA) is 36.9 Å². The molecule has 1 aromatic rings. The zero-order valence-corrected chi connectivity index (χ0v) is 16.1. The van der Waals surface area contributed by atoms with E-state index in [1.807, 2.05) is 7.05 Å². The summed E-state index contributed by atoms with van der Waals surface area (Å²) in [4.78, 5) is 7.09. The van der Waals surface area contributed by atoms with Gasteiger partial charge in [0.25, 0.3) is 0 Å². The molecule has 3 fully saturated rings. The molecule has 2 saturated heterocycles. The molecule has 1 saturated carbocycles. The zero-order valence-electron chi connectivity index (χ0n) is 16.1. The minimum atomic E-state index is 0.204. The zero-order chi connectivity index (χ0) is 17.8. The van der Waals surface area contributed by atoms with Crippen LogP contribution in [-0.4, -0.2) is 44.1 Å². The third-order valence-corrected chi connectivity index (χ3v) is 6.71. The van der Waals surface area contributed by atoms with E-state index in [9.17, 15) is 0 Å². The van der Waals surface area contributed by atoms with Crippen LogP contribution in [0.3, 0.4) is 0 Å². The minimum absolute atomic E-state index is 0.204. The maximum Gasteiger partial charge on any atom is 0.193 e. The molecule has 0 radical (unpaired) electrons. The summed E-state index contributed by atoms with van der Waals surface area (Å²) in [5.41, 5.74) is 1.89. The Kier molecular flexibility index (Phi) is 5.49. The van der Waals surface area contributed by atoms with Gasteiger partial charge in [0.2, 0.25) is 0 Å². The highest BCUT2D eigenvalue weighted by molar-refractivity contribution is 5.80. The fourth-order valence-electron chi connectivity index (χ4n) is 5.27. The third-order valence-electron chi connectivity index (χ3n) is 6.71. The molecular weight excluding hydrogens is 322 g/mol. The van der Waals surface area contributed by atoms with Gasteiger partial charge in [-0.1, -0.05) is 43.2 Å². The fourth-order valence-corrected chi connectivity index (χ4v) is 5.27. The van der Waals surface area contributed by atoms with Gasteiger partial charge in [0.1, 0.15) is 0 Å². The lowest BCUT2D eigenvalue weighted by atomic mass is 9.86. The Morgan fingerprint density at radius 1 is 1.19 bits per heavy atom. The van der Waals surface area contributed by atoms with Crippen LogP contribution in [0, 0.1) is 11.3 Å². The quantitative estimate of drug-likeness (QED) is 0.658. The Labute approximate surface area is 158 Å². The van der Waals surface area contributed by atoms with Crippen LogP contribution in [-0.2, 0) is 4.74 Å². The van der Waals surface area contributed by atoms with Crippen molar-refractivity contribution in [1.82, 2.24) is 10.2 Å². The van der Waals surface area contributed by atoms with Crippen molar-refractivity contribution < 1.29 is 4.74 Å². The van der Waals surface area contributed by atoms with Crippen LogP contribution >= 0.6 is 0 Å². The van der Waals surface area contributed by atoms with Crippen molar-refractivity contribution >= 4 is 5.96 Å². The average molecular weight is 356 g/mol. The van der Waals surface area contributed by atoms with Gasteiger partial charge in [-0.3, -0.25) is 4.99 Å². The van der Waals surface area contributed by atoms with Crippen molar-refractivity contribution in [3.05, 3.63) is 35.9 Å². The first-order valence-electron chi connectivity index (χ1n) is 10.4. The molecule has 4 rings (SSSR count). The van der Waals surface area contributed by atoms with Crippen molar-refractivity contribution in [1.29, 1.82) is 0 Å². The molecular formula is C22H33N3O. The summed E-state index contributed by atoms with van der Waals surface area (Å²) in [7, 11) is 1.92. The van der Waals surface area contributed by atoms with Crippen LogP contribution in [0.2, 0.25) is 0 Å². The molecule has 1 aliphatic carbocycles. The third kappa shape index (κ3) is 3.75. The summed E-state index contributed by atoms with van der Waals surface area (Å²) in [6, 6.07) is 10.7. The van der Waals surface area contributed by atoms with E-state index >= 15 is 0 Å². The first-order valence-corrected chi connectivity index (χ1v) is 10.4. The standard InChI is InChI=1S/C22H33N3O/c1-23-21(25-14-13-22(17-25)11-5-6-12-22)24-16-19-10-7-15-26-20(19)18-8-3-2-4-9-18/h2-4,8-9,19-20H,5-7,10-17H2,1H3,(H,23,24). The normalized spacial score (nSPS) is 28.7. The molecule has 2 unspecified atom stereocenters. The van der Waals surface area contributed by atoms with Crippen LogP contribution in [0.5, 0.6) is 0 Å². The maximum atomic E-state index is 6.15. The van der Waals surface area contributed by atoms with Gasteiger partial charge in [-0.25, -0.2) is 0 Å². The predicted octanol–water partition coefficient (Wildman–Crippen LogP) is 4.00. The Hall–Kier alpha value is -1.55. The Morgan fingerprint density at radius 2 is 2.00 bits per heavy atom. The van der Waals surface area contributed by atoms with E-state index in [0.29, 0.717) is 11.3 Å². The molecule has 142 valence electrons. The van der Waals surface area contributed by atoms with E-state index in [2.05, 4.69) is 45.5 Å². The molecule has 1 aromatic carbocycles. The first-order chi connectivity index (χ1) is 12.8. The fraction of sp³-hybridized carbons (Fsp3) is 0.682. The van der Waals surface area contributed by atoms with Crippen molar-refractivity contribution in [3.63, 3.8) is 0 Å².